The van der Waals surface area contributed by atoms with Crippen LogP contribution in [0, 0.1) is 11.3 Å². The summed E-state index contributed by atoms with van der Waals surface area (Å²) in [7, 11) is 0. The molecule has 0 atom stereocenters. The van der Waals surface area contributed by atoms with Crippen molar-refractivity contribution in [1.29, 1.82) is 5.26 Å². The summed E-state index contributed by atoms with van der Waals surface area (Å²) in [6.45, 7) is 4.48. The molecule has 0 amide bonds. The minimum absolute atomic E-state index is 0.295. The molecule has 0 unspecified atom stereocenters. The third kappa shape index (κ3) is 11.5. The molecule has 0 N–H and O–H groups in total. The van der Waals surface area contributed by atoms with Crippen molar-refractivity contribution in [3.8, 4) is 23.2 Å². The highest BCUT2D eigenvalue weighted by molar-refractivity contribution is 5.91. The van der Waals surface area contributed by atoms with Crippen LogP contribution in [0.3, 0.4) is 0 Å². The molecule has 0 aliphatic carbocycles. The number of carbonyl (C=O) groups is 1. The van der Waals surface area contributed by atoms with Crippen LogP contribution in [0.2, 0.25) is 0 Å². The van der Waals surface area contributed by atoms with Crippen molar-refractivity contribution in [2.24, 2.45) is 0 Å². The van der Waals surface area contributed by atoms with Gasteiger partial charge in [-0.1, -0.05) is 109 Å². The number of carbonyl (C=O) groups excluding carboxylic acids is 1. The average molecular weight is 554 g/mol. The van der Waals surface area contributed by atoms with Crippen LogP contribution in [0.1, 0.15) is 131 Å². The molecule has 3 aromatic rings. The van der Waals surface area contributed by atoms with Gasteiger partial charge in [0, 0.05) is 18.0 Å². The zero-order chi connectivity index (χ0) is 29.1. The minimum atomic E-state index is -0.488. The van der Waals surface area contributed by atoms with Gasteiger partial charge in [-0.05, 0) is 61.1 Å². The Labute approximate surface area is 247 Å². The standard InChI is InChI=1S/C36H47N3O2/c1-3-5-7-9-11-12-14-16-18-30-27-38-35(39-28-30)31-20-22-32(23-21-31)36(40)41-34-24-19-29(25-33(34)26-37)17-15-13-10-8-6-4-2/h19-25,27-28H,3-18H2,1-2H3. The number of hydrogen-bond donors (Lipinski definition) is 0. The van der Waals surface area contributed by atoms with Gasteiger partial charge in [0.25, 0.3) is 0 Å². The maximum Gasteiger partial charge on any atom is 0.343 e. The van der Waals surface area contributed by atoms with Crippen molar-refractivity contribution >= 4 is 5.97 Å². The number of hydrogen-bond acceptors (Lipinski definition) is 5. The molecule has 0 aliphatic heterocycles. The van der Waals surface area contributed by atoms with Crippen LogP contribution in [-0.4, -0.2) is 15.9 Å². The highest BCUT2D eigenvalue weighted by Gasteiger charge is 2.13. The molecule has 218 valence electrons. The maximum atomic E-state index is 12.8. The number of aryl methyl sites for hydroxylation is 2. The number of ether oxygens (including phenoxy) is 1. The average Bonchev–Trinajstić information content (AvgIpc) is 3.01. The van der Waals surface area contributed by atoms with E-state index in [9.17, 15) is 10.1 Å². The Hall–Kier alpha value is -3.52. The van der Waals surface area contributed by atoms with Crippen LogP contribution < -0.4 is 4.74 Å². The van der Waals surface area contributed by atoms with E-state index >= 15 is 0 Å². The Bertz CT molecular complexity index is 1210. The van der Waals surface area contributed by atoms with E-state index in [1.54, 1.807) is 18.2 Å². The molecule has 0 bridgehead atoms. The predicted molar refractivity (Wildman–Crippen MR) is 167 cm³/mol. The Morgan fingerprint density at radius 1 is 0.707 bits per heavy atom. The fraction of sp³-hybridized carbons (Fsp3) is 0.500. The highest BCUT2D eigenvalue weighted by atomic mass is 16.5. The Morgan fingerprint density at radius 2 is 1.24 bits per heavy atom. The van der Waals surface area contributed by atoms with Crippen LogP contribution in [0.25, 0.3) is 11.4 Å². The van der Waals surface area contributed by atoms with E-state index < -0.39 is 5.97 Å². The van der Waals surface area contributed by atoms with E-state index in [-0.39, 0.29) is 0 Å². The molecule has 1 aromatic heterocycles. The van der Waals surface area contributed by atoms with E-state index in [1.165, 1.54) is 83.5 Å². The van der Waals surface area contributed by atoms with Crippen LogP contribution in [-0.2, 0) is 12.8 Å². The SMILES string of the molecule is CCCCCCCCCCc1cnc(-c2ccc(C(=O)Oc3ccc(CCCCCCCC)cc3C#N)cc2)nc1. The van der Waals surface area contributed by atoms with Gasteiger partial charge in [0.15, 0.2) is 5.82 Å². The topological polar surface area (TPSA) is 75.9 Å². The van der Waals surface area contributed by atoms with Gasteiger partial charge < -0.3 is 4.74 Å². The fourth-order valence-corrected chi connectivity index (χ4v) is 5.03. The molecular formula is C36H47N3O2. The van der Waals surface area contributed by atoms with Crippen LogP contribution in [0.5, 0.6) is 5.75 Å². The lowest BCUT2D eigenvalue weighted by Crippen LogP contribution is -2.09. The number of esters is 1. The molecule has 3 rings (SSSR count). The van der Waals surface area contributed by atoms with Gasteiger partial charge in [0.1, 0.15) is 11.8 Å². The van der Waals surface area contributed by atoms with E-state index in [1.807, 2.05) is 36.7 Å². The maximum absolute atomic E-state index is 12.8. The van der Waals surface area contributed by atoms with Crippen molar-refractivity contribution < 1.29 is 9.53 Å². The molecule has 2 aromatic carbocycles. The number of unbranched alkanes of at least 4 members (excludes halogenated alkanes) is 12. The minimum Gasteiger partial charge on any atom is -0.422 e. The number of aromatic nitrogens is 2. The first-order valence-corrected chi connectivity index (χ1v) is 15.8. The summed E-state index contributed by atoms with van der Waals surface area (Å²) in [6.07, 6.45) is 23.6. The van der Waals surface area contributed by atoms with Crippen molar-refractivity contribution in [2.45, 2.75) is 117 Å². The normalized spacial score (nSPS) is 10.9. The second kappa shape index (κ2) is 18.8. The van der Waals surface area contributed by atoms with E-state index in [2.05, 4.69) is 29.9 Å². The number of nitriles is 1. The van der Waals surface area contributed by atoms with Gasteiger partial charge in [-0.25, -0.2) is 14.8 Å². The molecule has 0 saturated heterocycles. The molecular weight excluding hydrogens is 506 g/mol. The first-order valence-electron chi connectivity index (χ1n) is 15.8. The van der Waals surface area contributed by atoms with Crippen molar-refractivity contribution in [3.05, 3.63) is 77.1 Å². The summed E-state index contributed by atoms with van der Waals surface area (Å²) >= 11 is 0. The number of benzene rings is 2. The quantitative estimate of drug-likeness (QED) is 0.0839. The third-order valence-electron chi connectivity index (χ3n) is 7.59. The number of rotatable bonds is 19. The lowest BCUT2D eigenvalue weighted by molar-refractivity contribution is 0.0734. The first-order chi connectivity index (χ1) is 20.1. The zero-order valence-corrected chi connectivity index (χ0v) is 25.2. The van der Waals surface area contributed by atoms with E-state index in [0.717, 1.165) is 36.0 Å². The van der Waals surface area contributed by atoms with Gasteiger partial charge in [-0.2, -0.15) is 5.26 Å². The Kier molecular flexibility index (Phi) is 14.6. The number of nitrogens with zero attached hydrogens (tertiary/aromatic N) is 3. The Morgan fingerprint density at radius 3 is 1.80 bits per heavy atom. The van der Waals surface area contributed by atoms with Gasteiger partial charge >= 0.3 is 5.97 Å². The fourth-order valence-electron chi connectivity index (χ4n) is 5.03. The third-order valence-corrected chi connectivity index (χ3v) is 7.59. The summed E-state index contributed by atoms with van der Waals surface area (Å²) < 4.78 is 5.60. The molecule has 0 spiro atoms. The zero-order valence-electron chi connectivity index (χ0n) is 25.2. The van der Waals surface area contributed by atoms with Gasteiger partial charge in [-0.3, -0.25) is 0 Å². The van der Waals surface area contributed by atoms with Crippen molar-refractivity contribution in [3.63, 3.8) is 0 Å². The molecule has 1 heterocycles. The van der Waals surface area contributed by atoms with Gasteiger partial charge in [-0.15, -0.1) is 0 Å². The predicted octanol–water partition coefficient (Wildman–Crippen LogP) is 9.82. The van der Waals surface area contributed by atoms with E-state index in [0.29, 0.717) is 22.7 Å². The summed E-state index contributed by atoms with van der Waals surface area (Å²) in [6, 6.07) is 14.8. The smallest absolute Gasteiger partial charge is 0.343 e. The van der Waals surface area contributed by atoms with Crippen molar-refractivity contribution in [1.82, 2.24) is 9.97 Å². The summed E-state index contributed by atoms with van der Waals surface area (Å²) in [5, 5.41) is 9.63. The van der Waals surface area contributed by atoms with Crippen LogP contribution >= 0.6 is 0 Å². The summed E-state index contributed by atoms with van der Waals surface area (Å²) in [5.74, 6) is 0.444. The molecule has 5 nitrogen and oxygen atoms in total. The monoisotopic (exact) mass is 553 g/mol. The highest BCUT2D eigenvalue weighted by Crippen LogP contribution is 2.23. The van der Waals surface area contributed by atoms with Gasteiger partial charge in [0.05, 0.1) is 11.1 Å². The largest absolute Gasteiger partial charge is 0.422 e. The van der Waals surface area contributed by atoms with Crippen molar-refractivity contribution in [2.75, 3.05) is 0 Å². The summed E-state index contributed by atoms with van der Waals surface area (Å²) in [5.41, 5.74) is 3.91. The lowest BCUT2D eigenvalue weighted by atomic mass is 10.0. The van der Waals surface area contributed by atoms with Crippen LogP contribution in [0.4, 0.5) is 0 Å². The van der Waals surface area contributed by atoms with Gasteiger partial charge in [0.2, 0.25) is 0 Å². The second-order valence-electron chi connectivity index (χ2n) is 11.1. The van der Waals surface area contributed by atoms with E-state index in [4.69, 9.17) is 4.74 Å². The molecule has 5 heteroatoms. The Balaban J connectivity index is 1.46. The molecule has 0 aliphatic rings. The summed E-state index contributed by atoms with van der Waals surface area (Å²) in [4.78, 5) is 21.9. The molecule has 41 heavy (non-hydrogen) atoms. The molecule has 0 radical (unpaired) electrons. The molecule has 0 fully saturated rings. The lowest BCUT2D eigenvalue weighted by Gasteiger charge is -2.09. The molecule has 0 saturated carbocycles. The van der Waals surface area contributed by atoms with Crippen LogP contribution in [0.15, 0.2) is 54.9 Å². The first kappa shape index (κ1) is 32.0. The second-order valence-corrected chi connectivity index (χ2v) is 11.1.